The normalized spacial score (nSPS) is 15.4. The maximum absolute atomic E-state index is 6.50. The quantitative estimate of drug-likeness (QED) is 0.461. The van der Waals surface area contributed by atoms with Gasteiger partial charge < -0.3 is 16.0 Å². The SMILES string of the molecule is Nc1ncnc2c1c(-c1cnc3ccccc3c1)c1n2CC(N)c2ccccc2-1. The lowest BCUT2D eigenvalue weighted by Crippen LogP contribution is -2.23. The van der Waals surface area contributed by atoms with Crippen molar-refractivity contribution in [1.29, 1.82) is 0 Å². The van der Waals surface area contributed by atoms with E-state index in [1.165, 1.54) is 6.33 Å². The Morgan fingerprint density at radius 2 is 1.79 bits per heavy atom. The summed E-state index contributed by atoms with van der Waals surface area (Å²) in [5.41, 5.74) is 19.9. The number of rotatable bonds is 1. The topological polar surface area (TPSA) is 95.6 Å². The van der Waals surface area contributed by atoms with E-state index in [0.717, 1.165) is 49.9 Å². The molecule has 2 aromatic carbocycles. The number of benzene rings is 2. The highest BCUT2D eigenvalue weighted by atomic mass is 15.1. The van der Waals surface area contributed by atoms with Crippen LogP contribution in [0.1, 0.15) is 11.6 Å². The van der Waals surface area contributed by atoms with Crippen molar-refractivity contribution in [1.82, 2.24) is 19.5 Å². The zero-order valence-electron chi connectivity index (χ0n) is 15.6. The fourth-order valence-electron chi connectivity index (χ4n) is 4.47. The van der Waals surface area contributed by atoms with Crippen molar-refractivity contribution in [3.63, 3.8) is 0 Å². The summed E-state index contributed by atoms with van der Waals surface area (Å²) >= 11 is 0. The molecule has 0 saturated carbocycles. The first-order valence-electron chi connectivity index (χ1n) is 9.55. The summed E-state index contributed by atoms with van der Waals surface area (Å²) in [5.74, 6) is 0.464. The molecule has 3 aromatic heterocycles. The number of anilines is 1. The Labute approximate surface area is 166 Å². The fraction of sp³-hybridized carbons (Fsp3) is 0.0870. The van der Waals surface area contributed by atoms with Gasteiger partial charge in [0, 0.05) is 40.9 Å². The molecule has 0 spiro atoms. The molecule has 0 fully saturated rings. The second-order valence-electron chi connectivity index (χ2n) is 7.40. The van der Waals surface area contributed by atoms with Crippen LogP contribution in [0.25, 0.3) is 44.3 Å². The Hall–Kier alpha value is -3.77. The number of aromatic nitrogens is 4. The van der Waals surface area contributed by atoms with Gasteiger partial charge in [-0.15, -0.1) is 0 Å². The zero-order valence-corrected chi connectivity index (χ0v) is 15.6. The molecule has 1 unspecified atom stereocenters. The summed E-state index contributed by atoms with van der Waals surface area (Å²) < 4.78 is 2.17. The number of hydrogen-bond acceptors (Lipinski definition) is 5. The number of nitrogens with two attached hydrogens (primary N) is 2. The summed E-state index contributed by atoms with van der Waals surface area (Å²) in [4.78, 5) is 13.5. The van der Waals surface area contributed by atoms with E-state index in [9.17, 15) is 0 Å². The summed E-state index contributed by atoms with van der Waals surface area (Å²) in [5, 5.41) is 1.93. The van der Waals surface area contributed by atoms with Crippen molar-refractivity contribution < 1.29 is 0 Å². The molecule has 0 aliphatic carbocycles. The van der Waals surface area contributed by atoms with Crippen molar-refractivity contribution in [3.05, 3.63) is 72.7 Å². The number of para-hydroxylation sites is 1. The van der Waals surface area contributed by atoms with Crippen LogP contribution in [-0.4, -0.2) is 19.5 Å². The predicted octanol–water partition coefficient (Wildman–Crippen LogP) is 3.91. The van der Waals surface area contributed by atoms with Gasteiger partial charge in [0.25, 0.3) is 0 Å². The summed E-state index contributed by atoms with van der Waals surface area (Å²) in [6.45, 7) is 0.639. The number of nitrogens with zero attached hydrogens (tertiary/aromatic N) is 4. The highest BCUT2D eigenvalue weighted by Gasteiger charge is 2.30. The molecule has 6 heteroatoms. The lowest BCUT2D eigenvalue weighted by molar-refractivity contribution is 0.578. The lowest BCUT2D eigenvalue weighted by atomic mass is 9.91. The monoisotopic (exact) mass is 378 g/mol. The molecule has 1 atom stereocenters. The van der Waals surface area contributed by atoms with E-state index in [1.54, 1.807) is 0 Å². The molecule has 29 heavy (non-hydrogen) atoms. The standard InChI is InChI=1S/C23H18N6/c24-17-11-29-21(16-7-3-2-6-15(16)17)19(20-22(25)27-12-28-23(20)29)14-9-13-5-1-4-8-18(13)26-10-14/h1-10,12,17H,11,24H2,(H2,25,27,28). The minimum atomic E-state index is -0.104. The van der Waals surface area contributed by atoms with Crippen molar-refractivity contribution in [2.24, 2.45) is 5.73 Å². The Balaban J connectivity index is 1.77. The van der Waals surface area contributed by atoms with Gasteiger partial charge in [0.05, 0.1) is 16.6 Å². The number of fused-ring (bicyclic) bond motifs is 6. The Morgan fingerprint density at radius 1 is 0.966 bits per heavy atom. The number of hydrogen-bond donors (Lipinski definition) is 2. The zero-order chi connectivity index (χ0) is 19.5. The average molecular weight is 378 g/mol. The molecule has 140 valence electrons. The Bertz CT molecular complexity index is 1420. The summed E-state index contributed by atoms with van der Waals surface area (Å²) in [7, 11) is 0. The molecule has 0 amide bonds. The van der Waals surface area contributed by atoms with E-state index in [-0.39, 0.29) is 6.04 Å². The third kappa shape index (κ3) is 2.23. The van der Waals surface area contributed by atoms with Gasteiger partial charge in [-0.05, 0) is 17.7 Å². The second kappa shape index (κ2) is 5.86. The first kappa shape index (κ1) is 16.2. The molecule has 6 nitrogen and oxygen atoms in total. The van der Waals surface area contributed by atoms with Gasteiger partial charge in [0.1, 0.15) is 17.8 Å². The van der Waals surface area contributed by atoms with Gasteiger partial charge in [-0.25, -0.2) is 9.97 Å². The molecule has 4 N–H and O–H groups in total. The van der Waals surface area contributed by atoms with Crippen LogP contribution in [0.3, 0.4) is 0 Å². The molecule has 0 saturated heterocycles. The highest BCUT2D eigenvalue weighted by molar-refractivity contribution is 6.09. The van der Waals surface area contributed by atoms with Gasteiger partial charge >= 0.3 is 0 Å². The molecule has 4 heterocycles. The van der Waals surface area contributed by atoms with E-state index in [4.69, 9.17) is 11.5 Å². The van der Waals surface area contributed by atoms with Crippen LogP contribution in [0.2, 0.25) is 0 Å². The van der Waals surface area contributed by atoms with Crippen LogP contribution in [0.15, 0.2) is 67.1 Å². The van der Waals surface area contributed by atoms with Gasteiger partial charge in [-0.2, -0.15) is 0 Å². The lowest BCUT2D eigenvalue weighted by Gasteiger charge is -2.26. The van der Waals surface area contributed by atoms with Crippen LogP contribution >= 0.6 is 0 Å². The maximum Gasteiger partial charge on any atom is 0.146 e. The van der Waals surface area contributed by atoms with Crippen molar-refractivity contribution in [2.45, 2.75) is 12.6 Å². The number of pyridine rings is 1. The van der Waals surface area contributed by atoms with Crippen LogP contribution < -0.4 is 11.5 Å². The van der Waals surface area contributed by atoms with Crippen LogP contribution in [0, 0.1) is 0 Å². The van der Waals surface area contributed by atoms with Gasteiger partial charge in [0.15, 0.2) is 0 Å². The van der Waals surface area contributed by atoms with Crippen LogP contribution in [0.5, 0.6) is 0 Å². The second-order valence-corrected chi connectivity index (χ2v) is 7.40. The van der Waals surface area contributed by atoms with Crippen molar-refractivity contribution in [3.8, 4) is 22.4 Å². The number of nitrogen functional groups attached to an aromatic ring is 1. The highest BCUT2D eigenvalue weighted by Crippen LogP contribution is 2.46. The Morgan fingerprint density at radius 3 is 2.72 bits per heavy atom. The van der Waals surface area contributed by atoms with E-state index in [1.807, 2.05) is 36.5 Å². The molecule has 0 bridgehead atoms. The minimum Gasteiger partial charge on any atom is -0.383 e. The molecule has 0 radical (unpaired) electrons. The van der Waals surface area contributed by atoms with E-state index in [0.29, 0.717) is 12.4 Å². The molecule has 6 rings (SSSR count). The van der Waals surface area contributed by atoms with E-state index in [2.05, 4.69) is 43.8 Å². The largest absolute Gasteiger partial charge is 0.383 e. The van der Waals surface area contributed by atoms with Gasteiger partial charge in [-0.3, -0.25) is 4.98 Å². The molecule has 1 aliphatic rings. The maximum atomic E-state index is 6.50. The fourth-order valence-corrected chi connectivity index (χ4v) is 4.47. The van der Waals surface area contributed by atoms with E-state index >= 15 is 0 Å². The first-order chi connectivity index (χ1) is 14.2. The Kier molecular flexibility index (Phi) is 3.28. The summed E-state index contributed by atoms with van der Waals surface area (Å²) in [6.07, 6.45) is 3.42. The van der Waals surface area contributed by atoms with Gasteiger partial charge in [-0.1, -0.05) is 42.5 Å². The van der Waals surface area contributed by atoms with Crippen molar-refractivity contribution >= 4 is 27.8 Å². The van der Waals surface area contributed by atoms with Gasteiger partial charge in [0.2, 0.25) is 0 Å². The summed E-state index contributed by atoms with van der Waals surface area (Å²) in [6, 6.07) is 18.4. The van der Waals surface area contributed by atoms with Crippen LogP contribution in [0.4, 0.5) is 5.82 Å². The first-order valence-corrected chi connectivity index (χ1v) is 9.55. The molecule has 5 aromatic rings. The average Bonchev–Trinajstić information content (AvgIpc) is 3.09. The molecular formula is C23H18N6. The third-order valence-corrected chi connectivity index (χ3v) is 5.74. The van der Waals surface area contributed by atoms with Crippen molar-refractivity contribution in [2.75, 3.05) is 5.73 Å². The molecular weight excluding hydrogens is 360 g/mol. The minimum absolute atomic E-state index is 0.104. The molecule has 1 aliphatic heterocycles. The predicted molar refractivity (Wildman–Crippen MR) is 115 cm³/mol. The smallest absolute Gasteiger partial charge is 0.146 e. The van der Waals surface area contributed by atoms with E-state index < -0.39 is 0 Å². The van der Waals surface area contributed by atoms with Crippen LogP contribution in [-0.2, 0) is 6.54 Å². The third-order valence-electron chi connectivity index (χ3n) is 5.74.